The van der Waals surface area contributed by atoms with Crippen molar-refractivity contribution < 1.29 is 9.90 Å². The van der Waals surface area contributed by atoms with E-state index in [1.165, 1.54) is 11.8 Å². The van der Waals surface area contributed by atoms with Crippen LogP contribution in [-0.2, 0) is 17.0 Å². The first kappa shape index (κ1) is 17.7. The molecule has 0 spiro atoms. The Morgan fingerprint density at radius 2 is 2.04 bits per heavy atom. The highest BCUT2D eigenvalue weighted by Gasteiger charge is 2.16. The van der Waals surface area contributed by atoms with Gasteiger partial charge in [0.25, 0.3) is 5.78 Å². The number of carboxylic acids is 1. The molecular weight excluding hydrogens is 360 g/mol. The Kier molecular flexibility index (Phi) is 5.24. The number of fused-ring (bicyclic) bond motifs is 1. The summed E-state index contributed by atoms with van der Waals surface area (Å²) in [5.74, 6) is 0.366. The number of thioether (sulfide) groups is 1. The average molecular weight is 377 g/mol. The van der Waals surface area contributed by atoms with E-state index in [4.69, 9.17) is 16.7 Å². The number of carboxylic acid groups (broad SMARTS) is 1. The van der Waals surface area contributed by atoms with Crippen LogP contribution in [0.2, 0.25) is 5.02 Å². The zero-order chi connectivity index (χ0) is 18.0. The van der Waals surface area contributed by atoms with E-state index in [1.54, 1.807) is 0 Å². The van der Waals surface area contributed by atoms with Crippen molar-refractivity contribution in [2.45, 2.75) is 37.6 Å². The van der Waals surface area contributed by atoms with E-state index in [0.717, 1.165) is 32.7 Å². The number of aromatic nitrogens is 4. The molecule has 0 amide bonds. The number of aliphatic carboxylic acids is 1. The molecule has 0 saturated heterocycles. The Morgan fingerprint density at radius 3 is 2.76 bits per heavy atom. The lowest BCUT2D eigenvalue weighted by Gasteiger charge is -2.11. The fraction of sp³-hybridized carbons (Fsp3) is 0.294. The van der Waals surface area contributed by atoms with Gasteiger partial charge in [-0.15, -0.1) is 10.2 Å². The van der Waals surface area contributed by atoms with Gasteiger partial charge in [-0.3, -0.25) is 9.20 Å². The van der Waals surface area contributed by atoms with Crippen LogP contribution in [0.15, 0.2) is 29.4 Å². The second kappa shape index (κ2) is 7.41. The van der Waals surface area contributed by atoms with Crippen molar-refractivity contribution in [2.75, 3.05) is 0 Å². The molecule has 0 radical (unpaired) electrons. The summed E-state index contributed by atoms with van der Waals surface area (Å²) in [5, 5.41) is 18.8. The fourth-order valence-corrected chi connectivity index (χ4v) is 3.95. The molecule has 3 rings (SSSR count). The molecule has 2 heterocycles. The van der Waals surface area contributed by atoms with Crippen molar-refractivity contribution >= 4 is 35.1 Å². The monoisotopic (exact) mass is 376 g/mol. The van der Waals surface area contributed by atoms with E-state index >= 15 is 0 Å². The minimum atomic E-state index is -0.823. The second-order valence-electron chi connectivity index (χ2n) is 5.65. The van der Waals surface area contributed by atoms with E-state index in [2.05, 4.69) is 15.2 Å². The second-order valence-corrected chi connectivity index (χ2v) is 7.00. The van der Waals surface area contributed by atoms with Gasteiger partial charge in [-0.05, 0) is 37.5 Å². The molecule has 0 aliphatic carbocycles. The highest BCUT2D eigenvalue weighted by atomic mass is 35.5. The summed E-state index contributed by atoms with van der Waals surface area (Å²) in [5.41, 5.74) is 3.67. The smallest absolute Gasteiger partial charge is 0.303 e. The van der Waals surface area contributed by atoms with Crippen LogP contribution in [0.5, 0.6) is 0 Å². The van der Waals surface area contributed by atoms with Gasteiger partial charge in [0.05, 0.1) is 0 Å². The minimum absolute atomic E-state index is 0.0685. The maximum Gasteiger partial charge on any atom is 0.303 e. The Morgan fingerprint density at radius 1 is 1.28 bits per heavy atom. The Hall–Kier alpha value is -2.12. The molecule has 8 heteroatoms. The van der Waals surface area contributed by atoms with Gasteiger partial charge >= 0.3 is 5.97 Å². The van der Waals surface area contributed by atoms with E-state index in [9.17, 15) is 4.79 Å². The van der Waals surface area contributed by atoms with Gasteiger partial charge in [-0.25, -0.2) is 4.98 Å². The van der Waals surface area contributed by atoms with Gasteiger partial charge in [0.15, 0.2) is 5.16 Å². The number of halogens is 1. The van der Waals surface area contributed by atoms with E-state index in [1.807, 2.05) is 42.5 Å². The summed E-state index contributed by atoms with van der Waals surface area (Å²) < 4.78 is 1.88. The summed E-state index contributed by atoms with van der Waals surface area (Å²) in [6.07, 6.45) is 0.502. The van der Waals surface area contributed by atoms with Gasteiger partial charge in [0.1, 0.15) is 0 Å². The van der Waals surface area contributed by atoms with Crippen molar-refractivity contribution in [3.8, 4) is 0 Å². The van der Waals surface area contributed by atoms with Crippen LogP contribution < -0.4 is 0 Å². The number of hydrogen-bond donors (Lipinski definition) is 1. The van der Waals surface area contributed by atoms with Gasteiger partial charge in [0.2, 0.25) is 0 Å². The molecule has 6 nitrogen and oxygen atoms in total. The molecule has 3 aromatic rings. The number of nitrogens with zero attached hydrogens (tertiary/aromatic N) is 4. The molecule has 25 heavy (non-hydrogen) atoms. The highest BCUT2D eigenvalue weighted by Crippen LogP contribution is 2.27. The molecule has 0 aliphatic rings. The standard InChI is InChI=1S/C17H17ClN4O2S/c1-10-13(7-8-15(23)24)11(2)22-16(19-10)20-21-17(22)25-9-12-5-3-4-6-14(12)18/h3-6H,7-9H2,1-2H3,(H,23,24). The average Bonchev–Trinajstić information content (AvgIpc) is 2.96. The Bertz CT molecular complexity index is 942. The van der Waals surface area contributed by atoms with Crippen molar-refractivity contribution in [2.24, 2.45) is 0 Å². The summed E-state index contributed by atoms with van der Waals surface area (Å²) in [7, 11) is 0. The fourth-order valence-electron chi connectivity index (χ4n) is 2.69. The number of hydrogen-bond acceptors (Lipinski definition) is 5. The summed E-state index contributed by atoms with van der Waals surface area (Å²) in [6.45, 7) is 3.82. The SMILES string of the molecule is Cc1nc2nnc(SCc3ccccc3Cl)n2c(C)c1CCC(=O)O. The third-order valence-corrected chi connectivity index (χ3v) is 5.34. The maximum atomic E-state index is 10.9. The molecule has 0 atom stereocenters. The molecule has 0 fully saturated rings. The lowest BCUT2D eigenvalue weighted by molar-refractivity contribution is -0.136. The normalized spacial score (nSPS) is 11.2. The predicted octanol–water partition coefficient (Wildman–Crippen LogP) is 3.70. The van der Waals surface area contributed by atoms with Gasteiger partial charge in [-0.1, -0.05) is 41.6 Å². The molecule has 0 aliphatic heterocycles. The summed E-state index contributed by atoms with van der Waals surface area (Å²) in [6, 6.07) is 7.68. The zero-order valence-electron chi connectivity index (χ0n) is 13.9. The quantitative estimate of drug-likeness (QED) is 0.660. The number of rotatable bonds is 6. The first-order valence-electron chi connectivity index (χ1n) is 7.76. The van der Waals surface area contributed by atoms with Crippen molar-refractivity contribution in [1.82, 2.24) is 19.6 Å². The van der Waals surface area contributed by atoms with Crippen LogP contribution in [0.25, 0.3) is 5.78 Å². The van der Waals surface area contributed by atoms with Crippen LogP contribution in [-0.4, -0.2) is 30.7 Å². The van der Waals surface area contributed by atoms with E-state index in [-0.39, 0.29) is 6.42 Å². The third kappa shape index (κ3) is 3.77. The number of carbonyl (C=O) groups is 1. The van der Waals surface area contributed by atoms with Crippen molar-refractivity contribution in [3.05, 3.63) is 51.8 Å². The van der Waals surface area contributed by atoms with Crippen LogP contribution >= 0.6 is 23.4 Å². The Balaban J connectivity index is 1.92. The summed E-state index contributed by atoms with van der Waals surface area (Å²) in [4.78, 5) is 15.4. The predicted molar refractivity (Wildman–Crippen MR) is 97.2 cm³/mol. The molecule has 1 N–H and O–H groups in total. The Labute approximate surface area is 154 Å². The van der Waals surface area contributed by atoms with Gasteiger partial charge in [-0.2, -0.15) is 0 Å². The maximum absolute atomic E-state index is 10.9. The molecule has 0 unspecified atom stereocenters. The van der Waals surface area contributed by atoms with Crippen LogP contribution in [0.3, 0.4) is 0 Å². The molecule has 130 valence electrons. The van der Waals surface area contributed by atoms with Crippen LogP contribution in [0.4, 0.5) is 0 Å². The van der Waals surface area contributed by atoms with E-state index < -0.39 is 5.97 Å². The lowest BCUT2D eigenvalue weighted by Crippen LogP contribution is -2.08. The van der Waals surface area contributed by atoms with Crippen molar-refractivity contribution in [3.63, 3.8) is 0 Å². The topological polar surface area (TPSA) is 80.4 Å². The van der Waals surface area contributed by atoms with Crippen LogP contribution in [0, 0.1) is 13.8 Å². The molecule has 2 aromatic heterocycles. The largest absolute Gasteiger partial charge is 0.481 e. The first-order chi connectivity index (χ1) is 12.0. The zero-order valence-corrected chi connectivity index (χ0v) is 15.4. The number of aryl methyl sites for hydroxylation is 2. The van der Waals surface area contributed by atoms with Gasteiger partial charge in [0, 0.05) is 28.6 Å². The molecule has 0 bridgehead atoms. The van der Waals surface area contributed by atoms with Gasteiger partial charge < -0.3 is 5.11 Å². The third-order valence-electron chi connectivity index (χ3n) is 4.00. The van der Waals surface area contributed by atoms with Crippen LogP contribution in [0.1, 0.15) is 28.9 Å². The molecule has 1 aromatic carbocycles. The summed E-state index contributed by atoms with van der Waals surface area (Å²) >= 11 is 7.73. The first-order valence-corrected chi connectivity index (χ1v) is 9.13. The minimum Gasteiger partial charge on any atom is -0.481 e. The molecular formula is C17H17ClN4O2S. The lowest BCUT2D eigenvalue weighted by atomic mass is 10.1. The number of benzene rings is 1. The van der Waals surface area contributed by atoms with Crippen molar-refractivity contribution in [1.29, 1.82) is 0 Å². The highest BCUT2D eigenvalue weighted by molar-refractivity contribution is 7.98. The van der Waals surface area contributed by atoms with E-state index in [0.29, 0.717) is 18.0 Å². The molecule has 0 saturated carbocycles.